The highest BCUT2D eigenvalue weighted by atomic mass is 16.3. The molecule has 0 spiro atoms. The molecule has 0 aliphatic heterocycles. The van der Waals surface area contributed by atoms with E-state index in [1.165, 1.54) is 6.39 Å². The van der Waals surface area contributed by atoms with Crippen molar-refractivity contribution in [2.24, 2.45) is 0 Å². The molecule has 0 atom stereocenters. The first kappa shape index (κ1) is 12.3. The number of benzene rings is 1. The van der Waals surface area contributed by atoms with Gasteiger partial charge in [0.2, 0.25) is 5.91 Å². The molecule has 1 amide bonds. The monoisotopic (exact) mass is 267 g/mol. The number of nitrogens with one attached hydrogen (secondary N) is 1. The van der Waals surface area contributed by atoms with Gasteiger partial charge in [0.15, 0.2) is 12.0 Å². The van der Waals surface area contributed by atoms with E-state index in [2.05, 4.69) is 15.3 Å². The van der Waals surface area contributed by atoms with Crippen molar-refractivity contribution < 1.29 is 9.21 Å². The fourth-order valence-corrected chi connectivity index (χ4v) is 1.95. The van der Waals surface area contributed by atoms with Crippen LogP contribution in [0.5, 0.6) is 0 Å². The first-order chi connectivity index (χ1) is 9.81. The van der Waals surface area contributed by atoms with Crippen LogP contribution >= 0.6 is 0 Å². The Morgan fingerprint density at radius 3 is 3.00 bits per heavy atom. The molecule has 100 valence electrons. The first-order valence-electron chi connectivity index (χ1n) is 6.30. The Kier molecular flexibility index (Phi) is 3.41. The summed E-state index contributed by atoms with van der Waals surface area (Å²) in [6.07, 6.45) is 3.42. The van der Waals surface area contributed by atoms with Gasteiger partial charge in [-0.15, -0.1) is 0 Å². The van der Waals surface area contributed by atoms with Crippen LogP contribution in [-0.2, 0) is 17.8 Å². The lowest BCUT2D eigenvalue weighted by molar-refractivity contribution is -0.120. The number of hydrogen-bond donors (Lipinski definition) is 1. The molecule has 1 aromatic carbocycles. The second-order valence-electron chi connectivity index (χ2n) is 4.43. The molecular formula is C15H13N3O2. The fourth-order valence-electron chi connectivity index (χ4n) is 1.95. The zero-order chi connectivity index (χ0) is 13.8. The first-order valence-corrected chi connectivity index (χ1v) is 6.30. The third kappa shape index (κ3) is 2.83. The van der Waals surface area contributed by atoms with E-state index in [0.29, 0.717) is 18.5 Å². The van der Waals surface area contributed by atoms with Gasteiger partial charge in [0.25, 0.3) is 0 Å². The fraction of sp³-hybridized carbons (Fsp3) is 0.133. The maximum atomic E-state index is 11.9. The molecule has 0 saturated heterocycles. The van der Waals surface area contributed by atoms with Gasteiger partial charge in [-0.2, -0.15) is 0 Å². The number of pyridine rings is 1. The number of amides is 1. The largest absolute Gasteiger partial charge is 0.443 e. The average Bonchev–Trinajstić information content (AvgIpc) is 2.94. The Hall–Kier alpha value is -2.69. The maximum Gasteiger partial charge on any atom is 0.224 e. The van der Waals surface area contributed by atoms with Gasteiger partial charge in [-0.25, -0.2) is 4.98 Å². The molecule has 0 aliphatic carbocycles. The molecule has 0 aliphatic rings. The molecule has 0 bridgehead atoms. The second-order valence-corrected chi connectivity index (χ2v) is 4.43. The topological polar surface area (TPSA) is 68.0 Å². The molecule has 0 fully saturated rings. The van der Waals surface area contributed by atoms with Gasteiger partial charge in [0, 0.05) is 6.20 Å². The highest BCUT2D eigenvalue weighted by Gasteiger charge is 2.06. The van der Waals surface area contributed by atoms with E-state index in [0.717, 1.165) is 16.8 Å². The zero-order valence-electron chi connectivity index (χ0n) is 10.7. The van der Waals surface area contributed by atoms with Gasteiger partial charge in [-0.1, -0.05) is 12.1 Å². The van der Waals surface area contributed by atoms with Crippen LogP contribution in [0.3, 0.4) is 0 Å². The molecule has 5 heteroatoms. The lowest BCUT2D eigenvalue weighted by Crippen LogP contribution is -2.24. The van der Waals surface area contributed by atoms with Gasteiger partial charge in [0.05, 0.1) is 18.7 Å². The summed E-state index contributed by atoms with van der Waals surface area (Å²) >= 11 is 0. The van der Waals surface area contributed by atoms with Crippen molar-refractivity contribution in [3.8, 4) is 0 Å². The molecule has 3 aromatic rings. The molecule has 3 rings (SSSR count). The van der Waals surface area contributed by atoms with Crippen LogP contribution in [0.2, 0.25) is 0 Å². The van der Waals surface area contributed by atoms with E-state index in [-0.39, 0.29) is 5.91 Å². The lowest BCUT2D eigenvalue weighted by atomic mass is 10.1. The Labute approximate surface area is 115 Å². The molecule has 0 unspecified atom stereocenters. The summed E-state index contributed by atoms with van der Waals surface area (Å²) in [5, 5.41) is 2.84. The summed E-state index contributed by atoms with van der Waals surface area (Å²) < 4.78 is 5.22. The van der Waals surface area contributed by atoms with Gasteiger partial charge in [-0.3, -0.25) is 9.78 Å². The number of carbonyl (C=O) groups is 1. The molecule has 5 nitrogen and oxygen atoms in total. The van der Waals surface area contributed by atoms with Gasteiger partial charge < -0.3 is 9.73 Å². The van der Waals surface area contributed by atoms with Crippen molar-refractivity contribution in [2.75, 3.05) is 0 Å². The summed E-state index contributed by atoms with van der Waals surface area (Å²) in [5.41, 5.74) is 3.22. The van der Waals surface area contributed by atoms with Crippen LogP contribution < -0.4 is 5.32 Å². The predicted molar refractivity (Wildman–Crippen MR) is 73.8 cm³/mol. The van der Waals surface area contributed by atoms with Crippen LogP contribution in [0.25, 0.3) is 11.1 Å². The molecule has 0 saturated carbocycles. The third-order valence-electron chi connectivity index (χ3n) is 2.95. The summed E-state index contributed by atoms with van der Waals surface area (Å²) in [6, 6.07) is 11.2. The lowest BCUT2D eigenvalue weighted by Gasteiger charge is -2.04. The SMILES string of the molecule is O=C(Cc1ccc2ncoc2c1)NCc1ccccn1. The zero-order valence-corrected chi connectivity index (χ0v) is 10.7. The minimum Gasteiger partial charge on any atom is -0.443 e. The van der Waals surface area contributed by atoms with Crippen molar-refractivity contribution in [1.82, 2.24) is 15.3 Å². The van der Waals surface area contributed by atoms with Crippen molar-refractivity contribution in [3.05, 3.63) is 60.2 Å². The van der Waals surface area contributed by atoms with Crippen LogP contribution in [-0.4, -0.2) is 15.9 Å². The Morgan fingerprint density at radius 2 is 2.15 bits per heavy atom. The second kappa shape index (κ2) is 5.52. The third-order valence-corrected chi connectivity index (χ3v) is 2.95. The summed E-state index contributed by atoms with van der Waals surface area (Å²) in [7, 11) is 0. The quantitative estimate of drug-likeness (QED) is 0.785. The molecule has 1 N–H and O–H groups in total. The minimum atomic E-state index is -0.0467. The molecule has 2 aromatic heterocycles. The number of hydrogen-bond acceptors (Lipinski definition) is 4. The van der Waals surface area contributed by atoms with E-state index in [1.54, 1.807) is 6.20 Å². The number of oxazole rings is 1. The number of aromatic nitrogens is 2. The molecular weight excluding hydrogens is 254 g/mol. The maximum absolute atomic E-state index is 11.9. The summed E-state index contributed by atoms with van der Waals surface area (Å²) in [4.78, 5) is 20.1. The van der Waals surface area contributed by atoms with Crippen LogP contribution in [0, 0.1) is 0 Å². The number of rotatable bonds is 4. The van der Waals surface area contributed by atoms with Gasteiger partial charge in [0.1, 0.15) is 5.52 Å². The Balaban J connectivity index is 1.61. The van der Waals surface area contributed by atoms with E-state index in [9.17, 15) is 4.79 Å². The van der Waals surface area contributed by atoms with E-state index in [1.807, 2.05) is 36.4 Å². The molecule has 2 heterocycles. The summed E-state index contributed by atoms with van der Waals surface area (Å²) in [5.74, 6) is -0.0467. The number of carbonyl (C=O) groups excluding carboxylic acids is 1. The smallest absolute Gasteiger partial charge is 0.224 e. The minimum absolute atomic E-state index is 0.0467. The normalized spacial score (nSPS) is 10.6. The number of fused-ring (bicyclic) bond motifs is 1. The van der Waals surface area contributed by atoms with Crippen molar-refractivity contribution in [3.63, 3.8) is 0 Å². The predicted octanol–water partition coefficient (Wildman–Crippen LogP) is 2.08. The van der Waals surface area contributed by atoms with Crippen molar-refractivity contribution >= 4 is 17.0 Å². The summed E-state index contributed by atoms with van der Waals surface area (Å²) in [6.45, 7) is 0.435. The standard InChI is InChI=1S/C15H13N3O2/c19-15(17-9-12-3-1-2-6-16-12)8-11-4-5-13-14(7-11)20-10-18-13/h1-7,10H,8-9H2,(H,17,19). The van der Waals surface area contributed by atoms with Crippen molar-refractivity contribution in [2.45, 2.75) is 13.0 Å². The van der Waals surface area contributed by atoms with Crippen molar-refractivity contribution in [1.29, 1.82) is 0 Å². The Morgan fingerprint density at radius 1 is 1.20 bits per heavy atom. The van der Waals surface area contributed by atoms with Crippen LogP contribution in [0.1, 0.15) is 11.3 Å². The average molecular weight is 267 g/mol. The number of nitrogens with zero attached hydrogens (tertiary/aromatic N) is 2. The van der Waals surface area contributed by atoms with Gasteiger partial charge >= 0.3 is 0 Å². The highest BCUT2D eigenvalue weighted by molar-refractivity contribution is 5.80. The molecule has 20 heavy (non-hydrogen) atoms. The highest BCUT2D eigenvalue weighted by Crippen LogP contribution is 2.14. The molecule has 0 radical (unpaired) electrons. The van der Waals surface area contributed by atoms with Gasteiger partial charge in [-0.05, 0) is 29.8 Å². The van der Waals surface area contributed by atoms with Crippen LogP contribution in [0.15, 0.2) is 53.4 Å². The van der Waals surface area contributed by atoms with E-state index < -0.39 is 0 Å². The Bertz CT molecular complexity index is 722. The van der Waals surface area contributed by atoms with E-state index in [4.69, 9.17) is 4.42 Å². The van der Waals surface area contributed by atoms with Crippen LogP contribution in [0.4, 0.5) is 0 Å². The van der Waals surface area contributed by atoms with E-state index >= 15 is 0 Å².